The zero-order chi connectivity index (χ0) is 52.5. The first-order valence-electron chi connectivity index (χ1n) is 23.0. The number of nitrogens with zero attached hydrogens (tertiary/aromatic N) is 3. The predicted octanol–water partition coefficient (Wildman–Crippen LogP) is 5.65. The van der Waals surface area contributed by atoms with E-state index in [1.807, 2.05) is 0 Å². The van der Waals surface area contributed by atoms with Gasteiger partial charge in [0.2, 0.25) is 5.91 Å². The molecule has 1 aromatic carbocycles. The van der Waals surface area contributed by atoms with E-state index in [-0.39, 0.29) is 72.1 Å². The van der Waals surface area contributed by atoms with Crippen molar-refractivity contribution in [3.63, 3.8) is 0 Å². The number of ether oxygens (including phenoxy) is 7. The third-order valence-corrected chi connectivity index (χ3v) is 8.20. The summed E-state index contributed by atoms with van der Waals surface area (Å²) in [5.74, 6) is -3.42. The van der Waals surface area contributed by atoms with Crippen LogP contribution >= 0.6 is 0 Å². The number of benzene rings is 1. The van der Waals surface area contributed by atoms with Crippen LogP contribution in [0.2, 0.25) is 0 Å². The van der Waals surface area contributed by atoms with Gasteiger partial charge in [0.05, 0.1) is 39.4 Å². The molecule has 1 aromatic rings. The van der Waals surface area contributed by atoms with Crippen molar-refractivity contribution in [1.82, 2.24) is 20.0 Å². The number of hydrogen-bond acceptors (Lipinski definition) is 17. The van der Waals surface area contributed by atoms with E-state index in [2.05, 4.69) is 10.6 Å². The molecule has 0 bridgehead atoms. The molecule has 0 aliphatic heterocycles. The summed E-state index contributed by atoms with van der Waals surface area (Å²) in [4.78, 5) is 96.3. The summed E-state index contributed by atoms with van der Waals surface area (Å²) in [5.41, 5.74) is -3.68. The molecule has 0 aromatic heterocycles. The first kappa shape index (κ1) is 61.2. The maximum Gasteiger partial charge on any atom is 0.408 e. The van der Waals surface area contributed by atoms with Crippen molar-refractivity contribution in [2.24, 2.45) is 0 Å². The normalized spacial score (nSPS) is 13.1. The Kier molecular flexibility index (Phi) is 23.6. The predicted molar refractivity (Wildman–Crippen MR) is 256 cm³/mol. The van der Waals surface area contributed by atoms with E-state index >= 15 is 0 Å². The number of carbonyl (C=O) groups is 7. The van der Waals surface area contributed by atoms with Crippen LogP contribution in [0, 0.1) is 0 Å². The lowest BCUT2D eigenvalue weighted by molar-refractivity contribution is -0.168. The van der Waals surface area contributed by atoms with E-state index in [9.17, 15) is 33.6 Å². The fraction of sp³-hybridized carbons (Fsp3) is 0.735. The summed E-state index contributed by atoms with van der Waals surface area (Å²) in [5, 5.41) is 5.11. The molecule has 0 aliphatic rings. The topological polar surface area (TPSA) is 218 Å². The van der Waals surface area contributed by atoms with Crippen LogP contribution in [0.1, 0.15) is 130 Å². The Balaban J connectivity index is 3.49. The van der Waals surface area contributed by atoms with E-state index in [1.54, 1.807) is 164 Å². The fourth-order valence-electron chi connectivity index (χ4n) is 5.93. The molecule has 2 N–H and O–H groups in total. The van der Waals surface area contributed by atoms with Gasteiger partial charge in [-0.2, -0.15) is 0 Å². The van der Waals surface area contributed by atoms with Gasteiger partial charge in [-0.1, -0.05) is 12.1 Å². The van der Waals surface area contributed by atoms with E-state index in [0.717, 1.165) is 0 Å². The molecular weight excluding hydrogens is 883 g/mol. The van der Waals surface area contributed by atoms with E-state index in [1.165, 1.54) is 0 Å². The lowest BCUT2D eigenvalue weighted by atomic mass is 10.1. The van der Waals surface area contributed by atoms with Crippen LogP contribution in [-0.2, 0) is 68.5 Å². The number of carbonyl (C=O) groups excluding carboxylic acids is 7. The van der Waals surface area contributed by atoms with Crippen molar-refractivity contribution < 1.29 is 66.7 Å². The SMILES string of the molecule is CC(C)(C)OC(=O)CN(CCN(CC(=O)OC(C)(C)C)CC(=O)OC(C)(C)C)CCN(CC(=O)OC(C)(C)C)C(COCc1ccc(NC(=O)CNC(=O)OC(C)(C)C)cc1)C(=O)OC(C)(C)C. The third kappa shape index (κ3) is 31.2. The second-order valence-corrected chi connectivity index (χ2v) is 22.5. The van der Waals surface area contributed by atoms with Crippen molar-refractivity contribution >= 4 is 47.5 Å². The molecular formula is C49H83N5O14. The molecule has 388 valence electrons. The summed E-state index contributed by atoms with van der Waals surface area (Å²) in [6.45, 7) is 30.0. The molecule has 0 saturated heterocycles. The van der Waals surface area contributed by atoms with Crippen LogP contribution in [0.25, 0.3) is 0 Å². The average molecular weight is 966 g/mol. The Morgan fingerprint density at radius 3 is 1.29 bits per heavy atom. The highest BCUT2D eigenvalue weighted by atomic mass is 16.6. The molecule has 0 heterocycles. The van der Waals surface area contributed by atoms with Gasteiger partial charge < -0.3 is 43.8 Å². The number of rotatable bonds is 23. The monoisotopic (exact) mass is 966 g/mol. The van der Waals surface area contributed by atoms with Gasteiger partial charge >= 0.3 is 35.9 Å². The van der Waals surface area contributed by atoms with Crippen molar-refractivity contribution in [2.45, 2.75) is 171 Å². The largest absolute Gasteiger partial charge is 0.459 e. The number of hydrogen-bond donors (Lipinski definition) is 2. The molecule has 0 aliphatic carbocycles. The minimum Gasteiger partial charge on any atom is -0.459 e. The minimum atomic E-state index is -1.14. The van der Waals surface area contributed by atoms with Crippen LogP contribution in [-0.4, -0.2) is 162 Å². The molecule has 0 spiro atoms. The van der Waals surface area contributed by atoms with Gasteiger partial charge in [0.1, 0.15) is 46.2 Å². The summed E-state index contributed by atoms with van der Waals surface area (Å²) in [6, 6.07) is 5.62. The smallest absolute Gasteiger partial charge is 0.408 e. The van der Waals surface area contributed by atoms with Gasteiger partial charge in [0.25, 0.3) is 0 Å². The van der Waals surface area contributed by atoms with Crippen molar-refractivity contribution in [1.29, 1.82) is 0 Å². The lowest BCUT2D eigenvalue weighted by Crippen LogP contribution is -2.53. The molecule has 19 heteroatoms. The number of alkyl carbamates (subject to hydrolysis) is 1. The lowest BCUT2D eigenvalue weighted by Gasteiger charge is -2.34. The second-order valence-electron chi connectivity index (χ2n) is 22.5. The highest BCUT2D eigenvalue weighted by Crippen LogP contribution is 2.18. The molecule has 0 radical (unpaired) electrons. The van der Waals surface area contributed by atoms with E-state index in [4.69, 9.17) is 33.2 Å². The molecule has 1 atom stereocenters. The van der Waals surface area contributed by atoms with Gasteiger partial charge in [-0.25, -0.2) is 4.79 Å². The molecule has 1 unspecified atom stereocenters. The number of esters is 5. The van der Waals surface area contributed by atoms with Gasteiger partial charge in [-0.15, -0.1) is 0 Å². The Labute approximate surface area is 404 Å². The van der Waals surface area contributed by atoms with Crippen LogP contribution in [0.3, 0.4) is 0 Å². The molecule has 68 heavy (non-hydrogen) atoms. The van der Waals surface area contributed by atoms with Crippen molar-refractivity contribution in [2.75, 3.05) is 70.8 Å². The Hall–Kier alpha value is -4.85. The first-order valence-corrected chi connectivity index (χ1v) is 23.0. The van der Waals surface area contributed by atoms with Gasteiger partial charge in [0, 0.05) is 31.9 Å². The van der Waals surface area contributed by atoms with Crippen LogP contribution in [0.4, 0.5) is 10.5 Å². The fourth-order valence-corrected chi connectivity index (χ4v) is 5.93. The first-order chi connectivity index (χ1) is 30.8. The summed E-state index contributed by atoms with van der Waals surface area (Å²) >= 11 is 0. The maximum absolute atomic E-state index is 14.1. The van der Waals surface area contributed by atoms with Crippen molar-refractivity contribution in [3.8, 4) is 0 Å². The Morgan fingerprint density at radius 2 is 0.868 bits per heavy atom. The summed E-state index contributed by atoms with van der Waals surface area (Å²) < 4.78 is 39.6. The molecule has 0 saturated carbocycles. The Morgan fingerprint density at radius 1 is 0.485 bits per heavy atom. The standard InChI is InChI=1S/C49H83N5O14/c1-44(2,3)63-38(56)28-52(23-24-53(29-39(57)64-45(4,5)6)30-40(58)65-46(7,8)9)25-26-54(31-41(59)66-47(10,11)12)36(42(60)67-48(13,14)15)33-62-32-34-19-21-35(22-20-34)51-37(55)27-50-43(61)68-49(16,17)18/h19-22,36H,23-33H2,1-18H3,(H,50,61)(H,51,55). The highest BCUT2D eigenvalue weighted by molar-refractivity contribution is 5.93. The Bertz CT molecular complexity index is 1780. The van der Waals surface area contributed by atoms with Gasteiger partial charge in [0.15, 0.2) is 0 Å². The number of amides is 2. The average Bonchev–Trinajstić information content (AvgIpc) is 3.09. The molecule has 2 amide bonds. The number of nitrogens with one attached hydrogen (secondary N) is 2. The van der Waals surface area contributed by atoms with Crippen LogP contribution in [0.5, 0.6) is 0 Å². The molecule has 19 nitrogen and oxygen atoms in total. The summed E-state index contributed by atoms with van der Waals surface area (Å²) in [7, 11) is 0. The third-order valence-electron chi connectivity index (χ3n) is 8.20. The minimum absolute atomic E-state index is 0.0185. The van der Waals surface area contributed by atoms with Gasteiger partial charge in [-0.3, -0.25) is 43.5 Å². The van der Waals surface area contributed by atoms with Crippen LogP contribution < -0.4 is 10.6 Å². The van der Waals surface area contributed by atoms with Crippen molar-refractivity contribution in [3.05, 3.63) is 29.8 Å². The highest BCUT2D eigenvalue weighted by Gasteiger charge is 2.34. The number of anilines is 1. The van der Waals surface area contributed by atoms with E-state index in [0.29, 0.717) is 11.3 Å². The van der Waals surface area contributed by atoms with Gasteiger partial charge in [-0.05, 0) is 142 Å². The molecule has 1 rings (SSSR count). The maximum atomic E-state index is 14.1. The zero-order valence-electron chi connectivity index (χ0n) is 44.2. The zero-order valence-corrected chi connectivity index (χ0v) is 44.2. The van der Waals surface area contributed by atoms with Crippen LogP contribution in [0.15, 0.2) is 24.3 Å². The van der Waals surface area contributed by atoms with E-state index < -0.39 is 81.5 Å². The quantitative estimate of drug-likeness (QED) is 0.100. The molecule has 0 fully saturated rings. The second kappa shape index (κ2) is 26.2. The summed E-state index contributed by atoms with van der Waals surface area (Å²) in [6.07, 6.45) is -0.719.